The molecule has 4 nitrogen and oxygen atoms in total. The van der Waals surface area contributed by atoms with Crippen LogP contribution in [0.4, 0.5) is 0 Å². The lowest BCUT2D eigenvalue weighted by Crippen LogP contribution is -1.97. The van der Waals surface area contributed by atoms with Gasteiger partial charge in [-0.05, 0) is 40.5 Å². The molecule has 0 spiro atoms. The lowest BCUT2D eigenvalue weighted by molar-refractivity contribution is 0.538. The van der Waals surface area contributed by atoms with Gasteiger partial charge in [-0.3, -0.25) is 0 Å². The third-order valence-corrected chi connectivity index (χ3v) is 7.29. The molecule has 0 radical (unpaired) electrons. The van der Waals surface area contributed by atoms with Crippen LogP contribution in [0.5, 0.6) is 0 Å². The van der Waals surface area contributed by atoms with Crippen molar-refractivity contribution in [2.75, 3.05) is 0 Å². The maximum Gasteiger partial charge on any atom is 0.195 e. The monoisotopic (exact) mass is 529 g/mol. The Bertz CT molecular complexity index is 1960. The summed E-state index contributed by atoms with van der Waals surface area (Å²) in [4.78, 5) is 14.8. The van der Waals surface area contributed by atoms with Crippen molar-refractivity contribution >= 4 is 11.1 Å². The predicted octanol–water partition coefficient (Wildman–Crippen LogP) is 9.52. The molecule has 4 heteroatoms. The fraction of sp³-hybridized carbons (Fsp3) is 0.0541. The lowest BCUT2D eigenvalue weighted by atomic mass is 9.96. The molecule has 5 aromatic carbocycles. The first-order chi connectivity index (χ1) is 20.2. The van der Waals surface area contributed by atoms with E-state index in [1.54, 1.807) is 0 Å². The van der Waals surface area contributed by atoms with Gasteiger partial charge in [0.15, 0.2) is 17.3 Å². The van der Waals surface area contributed by atoms with E-state index in [9.17, 15) is 0 Å². The standard InChI is InChI=1S/C37H27N3O/c1-2-36-38-34-23-29(21-22-35(34)41-36)30-15-9-10-16-31(30)33-24-32(39-37(40-33)28-13-7-4-8-14-28)27-19-17-26(18-20-27)25-11-5-3-6-12-25/h3-24H,2H2,1H3. The highest BCUT2D eigenvalue weighted by atomic mass is 16.3. The third-order valence-electron chi connectivity index (χ3n) is 7.29. The summed E-state index contributed by atoms with van der Waals surface area (Å²) >= 11 is 0. The molecule has 41 heavy (non-hydrogen) atoms. The number of hydrogen-bond acceptors (Lipinski definition) is 4. The van der Waals surface area contributed by atoms with Crippen LogP contribution in [0.3, 0.4) is 0 Å². The molecule has 7 aromatic rings. The highest BCUT2D eigenvalue weighted by Gasteiger charge is 2.15. The first kappa shape index (κ1) is 24.7. The molecule has 0 fully saturated rings. The average molecular weight is 530 g/mol. The molecule has 0 bridgehead atoms. The van der Waals surface area contributed by atoms with Crippen molar-refractivity contribution in [1.29, 1.82) is 0 Å². The molecule has 0 aliphatic rings. The Labute approximate surface area is 239 Å². The van der Waals surface area contributed by atoms with Crippen molar-refractivity contribution in [3.05, 3.63) is 139 Å². The van der Waals surface area contributed by atoms with Crippen molar-refractivity contribution in [3.63, 3.8) is 0 Å². The molecular weight excluding hydrogens is 502 g/mol. The molecule has 0 saturated carbocycles. The highest BCUT2D eigenvalue weighted by molar-refractivity contribution is 5.88. The van der Waals surface area contributed by atoms with Crippen LogP contribution in [0.2, 0.25) is 0 Å². The van der Waals surface area contributed by atoms with Crippen LogP contribution in [0.15, 0.2) is 138 Å². The van der Waals surface area contributed by atoms with Gasteiger partial charge in [-0.2, -0.15) is 0 Å². The van der Waals surface area contributed by atoms with E-state index in [0.717, 1.165) is 62.6 Å². The Morgan fingerprint density at radius 2 is 1.07 bits per heavy atom. The summed E-state index contributed by atoms with van der Waals surface area (Å²) in [6, 6.07) is 45.8. The number of oxazole rings is 1. The van der Waals surface area contributed by atoms with Crippen molar-refractivity contribution in [1.82, 2.24) is 15.0 Å². The highest BCUT2D eigenvalue weighted by Crippen LogP contribution is 2.35. The number of aryl methyl sites for hydroxylation is 1. The van der Waals surface area contributed by atoms with Gasteiger partial charge >= 0.3 is 0 Å². The Balaban J connectivity index is 1.36. The zero-order chi connectivity index (χ0) is 27.6. The summed E-state index contributed by atoms with van der Waals surface area (Å²) in [6.07, 6.45) is 0.763. The van der Waals surface area contributed by atoms with Crippen molar-refractivity contribution in [2.24, 2.45) is 0 Å². The molecule has 7 rings (SSSR count). The minimum absolute atomic E-state index is 0.694. The second-order valence-electron chi connectivity index (χ2n) is 9.96. The zero-order valence-corrected chi connectivity index (χ0v) is 22.7. The number of benzene rings is 5. The summed E-state index contributed by atoms with van der Waals surface area (Å²) in [5, 5.41) is 0. The summed E-state index contributed by atoms with van der Waals surface area (Å²) in [5.74, 6) is 1.44. The Hall–Kier alpha value is -5.35. The Kier molecular flexibility index (Phi) is 6.42. The van der Waals surface area contributed by atoms with E-state index >= 15 is 0 Å². The SMILES string of the molecule is CCc1nc2cc(-c3ccccc3-c3cc(-c4ccc(-c5ccccc5)cc4)nc(-c4ccccc4)n3)ccc2o1. The van der Waals surface area contributed by atoms with Gasteiger partial charge < -0.3 is 4.42 Å². The van der Waals surface area contributed by atoms with Gasteiger partial charge in [0.05, 0.1) is 11.4 Å². The fourth-order valence-electron chi connectivity index (χ4n) is 5.17. The van der Waals surface area contributed by atoms with Crippen molar-refractivity contribution in [3.8, 4) is 56.2 Å². The Morgan fingerprint density at radius 1 is 0.488 bits per heavy atom. The van der Waals surface area contributed by atoms with E-state index in [0.29, 0.717) is 5.82 Å². The smallest absolute Gasteiger partial charge is 0.195 e. The summed E-state index contributed by atoms with van der Waals surface area (Å²) in [5.41, 5.74) is 11.0. The predicted molar refractivity (Wildman–Crippen MR) is 166 cm³/mol. The van der Waals surface area contributed by atoms with Gasteiger partial charge in [-0.15, -0.1) is 0 Å². The topological polar surface area (TPSA) is 51.8 Å². The minimum Gasteiger partial charge on any atom is -0.441 e. The average Bonchev–Trinajstić information content (AvgIpc) is 3.48. The fourth-order valence-corrected chi connectivity index (χ4v) is 5.17. The summed E-state index contributed by atoms with van der Waals surface area (Å²) in [7, 11) is 0. The van der Waals surface area contributed by atoms with Crippen LogP contribution >= 0.6 is 0 Å². The number of fused-ring (bicyclic) bond motifs is 1. The first-order valence-electron chi connectivity index (χ1n) is 13.8. The molecule has 0 saturated heterocycles. The zero-order valence-electron chi connectivity index (χ0n) is 22.7. The van der Waals surface area contributed by atoms with E-state index in [1.807, 2.05) is 37.3 Å². The molecule has 0 aliphatic heterocycles. The number of rotatable bonds is 6. The second kappa shape index (κ2) is 10.7. The molecule has 196 valence electrons. The molecule has 0 N–H and O–H groups in total. The third kappa shape index (κ3) is 4.92. The molecule has 0 unspecified atom stereocenters. The van der Waals surface area contributed by atoms with Crippen LogP contribution in [-0.4, -0.2) is 15.0 Å². The van der Waals surface area contributed by atoms with Crippen molar-refractivity contribution in [2.45, 2.75) is 13.3 Å². The quantitative estimate of drug-likeness (QED) is 0.215. The Morgan fingerprint density at radius 3 is 1.80 bits per heavy atom. The van der Waals surface area contributed by atoms with E-state index in [-0.39, 0.29) is 0 Å². The summed E-state index contributed by atoms with van der Waals surface area (Å²) < 4.78 is 5.86. The van der Waals surface area contributed by atoms with Gasteiger partial charge in [0.25, 0.3) is 0 Å². The van der Waals surface area contributed by atoms with Gasteiger partial charge in [0.2, 0.25) is 0 Å². The van der Waals surface area contributed by atoms with Crippen LogP contribution < -0.4 is 0 Å². The number of nitrogens with zero attached hydrogens (tertiary/aromatic N) is 3. The van der Waals surface area contributed by atoms with Crippen molar-refractivity contribution < 1.29 is 4.42 Å². The van der Waals surface area contributed by atoms with Crippen LogP contribution in [0, 0.1) is 0 Å². The lowest BCUT2D eigenvalue weighted by Gasteiger charge is -2.13. The number of aromatic nitrogens is 3. The van der Waals surface area contributed by atoms with E-state index < -0.39 is 0 Å². The largest absolute Gasteiger partial charge is 0.441 e. The molecule has 0 amide bonds. The molecule has 2 aromatic heterocycles. The maximum atomic E-state index is 5.86. The minimum atomic E-state index is 0.694. The summed E-state index contributed by atoms with van der Waals surface area (Å²) in [6.45, 7) is 2.05. The van der Waals surface area contributed by atoms with E-state index in [4.69, 9.17) is 14.4 Å². The maximum absolute atomic E-state index is 5.86. The van der Waals surface area contributed by atoms with Gasteiger partial charge in [-0.25, -0.2) is 15.0 Å². The van der Waals surface area contributed by atoms with Gasteiger partial charge in [0.1, 0.15) is 5.52 Å². The number of hydrogen-bond donors (Lipinski definition) is 0. The second-order valence-corrected chi connectivity index (χ2v) is 9.96. The normalized spacial score (nSPS) is 11.1. The van der Waals surface area contributed by atoms with Crippen LogP contribution in [0.25, 0.3) is 67.3 Å². The van der Waals surface area contributed by atoms with Crippen LogP contribution in [0.1, 0.15) is 12.8 Å². The first-order valence-corrected chi connectivity index (χ1v) is 13.8. The molecule has 0 aliphatic carbocycles. The van der Waals surface area contributed by atoms with Gasteiger partial charge in [0, 0.05) is 23.1 Å². The molecular formula is C37H27N3O. The van der Waals surface area contributed by atoms with E-state index in [1.165, 1.54) is 11.1 Å². The van der Waals surface area contributed by atoms with Gasteiger partial charge in [-0.1, -0.05) is 122 Å². The molecule has 2 heterocycles. The van der Waals surface area contributed by atoms with Crippen LogP contribution in [-0.2, 0) is 6.42 Å². The molecule has 0 atom stereocenters. The van der Waals surface area contributed by atoms with E-state index in [2.05, 4.69) is 108 Å².